The third-order valence-corrected chi connectivity index (χ3v) is 5.72. The highest BCUT2D eigenvalue weighted by Gasteiger charge is 2.39. The van der Waals surface area contributed by atoms with Gasteiger partial charge >= 0.3 is 0 Å². The SMILES string of the molecule is OC[C@@H]1N[C@@H](CCCCCC[C@H](O)[C@@H](O)[C@@H]2CCCCN2)[C@H](O)[C@H]1O. The molecule has 0 radical (unpaired) electrons. The van der Waals surface area contributed by atoms with Crippen molar-refractivity contribution in [2.45, 2.75) is 100 Å². The van der Waals surface area contributed by atoms with E-state index in [1.54, 1.807) is 0 Å². The molecule has 2 aliphatic heterocycles. The Balaban J connectivity index is 1.53. The van der Waals surface area contributed by atoms with E-state index in [2.05, 4.69) is 10.6 Å². The molecule has 0 unspecified atom stereocenters. The summed E-state index contributed by atoms with van der Waals surface area (Å²) in [6, 6.07) is -0.591. The van der Waals surface area contributed by atoms with Crippen LogP contribution in [0.2, 0.25) is 0 Å². The van der Waals surface area contributed by atoms with E-state index in [0.29, 0.717) is 6.42 Å². The van der Waals surface area contributed by atoms with Gasteiger partial charge in [0, 0.05) is 12.1 Å². The van der Waals surface area contributed by atoms with E-state index in [1.807, 2.05) is 0 Å². The number of rotatable bonds is 10. The molecule has 2 rings (SSSR count). The molecule has 25 heavy (non-hydrogen) atoms. The molecule has 2 saturated heterocycles. The summed E-state index contributed by atoms with van der Waals surface area (Å²) in [5, 5.41) is 55.5. The van der Waals surface area contributed by atoms with Gasteiger partial charge in [0.2, 0.25) is 0 Å². The van der Waals surface area contributed by atoms with Gasteiger partial charge in [-0.2, -0.15) is 0 Å². The minimum atomic E-state index is -0.903. The van der Waals surface area contributed by atoms with Gasteiger partial charge in [-0.3, -0.25) is 0 Å². The summed E-state index contributed by atoms with van der Waals surface area (Å²) >= 11 is 0. The van der Waals surface area contributed by atoms with Crippen molar-refractivity contribution in [1.29, 1.82) is 0 Å². The van der Waals surface area contributed by atoms with Crippen LogP contribution in [0.5, 0.6) is 0 Å². The van der Waals surface area contributed by atoms with Crippen LogP contribution < -0.4 is 10.6 Å². The zero-order valence-electron chi connectivity index (χ0n) is 15.1. The van der Waals surface area contributed by atoms with Crippen molar-refractivity contribution in [3.05, 3.63) is 0 Å². The first kappa shape index (κ1) is 21.0. The topological polar surface area (TPSA) is 125 Å². The fraction of sp³-hybridized carbons (Fsp3) is 1.00. The number of piperidine rings is 1. The van der Waals surface area contributed by atoms with Crippen molar-refractivity contribution in [1.82, 2.24) is 10.6 Å². The summed E-state index contributed by atoms with van der Waals surface area (Å²) in [5.74, 6) is 0. The highest BCUT2D eigenvalue weighted by atomic mass is 16.3. The lowest BCUT2D eigenvalue weighted by atomic mass is 9.94. The molecule has 0 aromatic carbocycles. The Morgan fingerprint density at radius 2 is 1.64 bits per heavy atom. The molecule has 0 aromatic heterocycles. The van der Waals surface area contributed by atoms with Gasteiger partial charge in [0.15, 0.2) is 0 Å². The molecule has 7 heteroatoms. The number of unbranched alkanes of at least 4 members (excludes halogenated alkanes) is 3. The van der Waals surface area contributed by atoms with Crippen LogP contribution in [-0.4, -0.2) is 81.2 Å². The molecule has 2 aliphatic rings. The second-order valence-electron chi connectivity index (χ2n) is 7.65. The minimum Gasteiger partial charge on any atom is -0.395 e. The fourth-order valence-corrected chi connectivity index (χ4v) is 4.04. The molecule has 0 aromatic rings. The Bertz CT molecular complexity index is 367. The van der Waals surface area contributed by atoms with Crippen molar-refractivity contribution in [2.24, 2.45) is 0 Å². The Hall–Kier alpha value is -0.280. The minimum absolute atomic E-state index is 0.0181. The van der Waals surface area contributed by atoms with Crippen LogP contribution in [0.3, 0.4) is 0 Å². The summed E-state index contributed by atoms with van der Waals surface area (Å²) in [6.07, 6.45) is 5.19. The van der Waals surface area contributed by atoms with E-state index >= 15 is 0 Å². The number of hydrogen-bond acceptors (Lipinski definition) is 7. The van der Waals surface area contributed by atoms with Gasteiger partial charge in [-0.25, -0.2) is 0 Å². The lowest BCUT2D eigenvalue weighted by Gasteiger charge is -2.30. The molecular weight excluding hydrogens is 324 g/mol. The molecular formula is C18H36N2O5. The molecule has 0 aliphatic carbocycles. The Kier molecular flexibility index (Phi) is 9.06. The Morgan fingerprint density at radius 1 is 0.920 bits per heavy atom. The first-order chi connectivity index (χ1) is 12.0. The van der Waals surface area contributed by atoms with Crippen LogP contribution >= 0.6 is 0 Å². The molecule has 2 fully saturated rings. The Morgan fingerprint density at radius 3 is 2.28 bits per heavy atom. The maximum atomic E-state index is 10.2. The molecule has 0 amide bonds. The fourth-order valence-electron chi connectivity index (χ4n) is 4.04. The van der Waals surface area contributed by atoms with Crippen molar-refractivity contribution in [3.63, 3.8) is 0 Å². The number of aliphatic hydroxyl groups is 5. The molecule has 148 valence electrons. The summed E-state index contributed by atoms with van der Waals surface area (Å²) in [7, 11) is 0. The highest BCUT2D eigenvalue weighted by Crippen LogP contribution is 2.20. The van der Waals surface area contributed by atoms with Crippen LogP contribution in [0.4, 0.5) is 0 Å². The zero-order valence-corrected chi connectivity index (χ0v) is 15.1. The van der Waals surface area contributed by atoms with Gasteiger partial charge in [0.25, 0.3) is 0 Å². The Labute approximate surface area is 150 Å². The van der Waals surface area contributed by atoms with Crippen molar-refractivity contribution in [3.8, 4) is 0 Å². The lowest BCUT2D eigenvalue weighted by molar-refractivity contribution is -0.0145. The monoisotopic (exact) mass is 360 g/mol. The van der Waals surface area contributed by atoms with Crippen molar-refractivity contribution in [2.75, 3.05) is 13.2 Å². The molecule has 2 heterocycles. The van der Waals surface area contributed by atoms with Crippen molar-refractivity contribution >= 4 is 0 Å². The molecule has 0 spiro atoms. The van der Waals surface area contributed by atoms with Gasteiger partial charge in [0.1, 0.15) is 0 Å². The standard InChI is InChI=1S/C18H36N2O5/c21-11-14-18(25)17(24)13(20-14)8-3-1-2-4-9-15(22)16(23)12-7-5-6-10-19-12/h12-25H,1-11H2/t12-,13-,14-,15-,16-,17-,18-/m0/s1. The van der Waals surface area contributed by atoms with Gasteiger partial charge in [-0.05, 0) is 32.2 Å². The quantitative estimate of drug-likeness (QED) is 0.256. The van der Waals surface area contributed by atoms with E-state index < -0.39 is 30.5 Å². The second-order valence-corrected chi connectivity index (χ2v) is 7.65. The van der Waals surface area contributed by atoms with Crippen LogP contribution in [0.1, 0.15) is 57.8 Å². The highest BCUT2D eigenvalue weighted by molar-refractivity contribution is 4.97. The number of hydrogen-bond donors (Lipinski definition) is 7. The molecule has 7 N–H and O–H groups in total. The summed E-state index contributed by atoms with van der Waals surface area (Å²) in [4.78, 5) is 0. The van der Waals surface area contributed by atoms with Crippen LogP contribution in [0.15, 0.2) is 0 Å². The normalized spacial score (nSPS) is 35.6. The molecule has 0 saturated carbocycles. The zero-order chi connectivity index (χ0) is 18.2. The maximum absolute atomic E-state index is 10.2. The van der Waals surface area contributed by atoms with Gasteiger partial charge in [0.05, 0.1) is 37.1 Å². The van der Waals surface area contributed by atoms with E-state index in [0.717, 1.165) is 57.9 Å². The lowest BCUT2D eigenvalue weighted by Crippen LogP contribution is -2.48. The second kappa shape index (κ2) is 10.8. The summed E-state index contributed by atoms with van der Waals surface area (Å²) < 4.78 is 0. The predicted molar refractivity (Wildman–Crippen MR) is 95.2 cm³/mol. The third-order valence-electron chi connectivity index (χ3n) is 5.72. The number of aliphatic hydroxyl groups excluding tert-OH is 5. The van der Waals surface area contributed by atoms with E-state index in [4.69, 9.17) is 5.11 Å². The van der Waals surface area contributed by atoms with E-state index in [9.17, 15) is 20.4 Å². The van der Waals surface area contributed by atoms with Gasteiger partial charge < -0.3 is 36.2 Å². The average Bonchev–Trinajstić information content (AvgIpc) is 2.92. The maximum Gasteiger partial charge on any atom is 0.0989 e. The van der Waals surface area contributed by atoms with Gasteiger partial charge in [-0.15, -0.1) is 0 Å². The molecule has 7 atom stereocenters. The largest absolute Gasteiger partial charge is 0.395 e. The van der Waals surface area contributed by atoms with E-state index in [1.165, 1.54) is 0 Å². The predicted octanol–water partition coefficient (Wildman–Crippen LogP) is -0.755. The van der Waals surface area contributed by atoms with Crippen LogP contribution in [0.25, 0.3) is 0 Å². The van der Waals surface area contributed by atoms with Crippen molar-refractivity contribution < 1.29 is 25.5 Å². The van der Waals surface area contributed by atoms with E-state index in [-0.39, 0.29) is 18.7 Å². The van der Waals surface area contributed by atoms with Crippen LogP contribution in [-0.2, 0) is 0 Å². The third kappa shape index (κ3) is 6.13. The molecule has 7 nitrogen and oxygen atoms in total. The number of nitrogens with one attached hydrogen (secondary N) is 2. The van der Waals surface area contributed by atoms with Gasteiger partial charge in [-0.1, -0.05) is 32.1 Å². The first-order valence-corrected chi connectivity index (χ1v) is 9.87. The summed E-state index contributed by atoms with van der Waals surface area (Å²) in [6.45, 7) is 0.742. The molecule has 0 bridgehead atoms. The average molecular weight is 360 g/mol. The first-order valence-electron chi connectivity index (χ1n) is 9.87. The van der Waals surface area contributed by atoms with Crippen LogP contribution in [0, 0.1) is 0 Å². The summed E-state index contributed by atoms with van der Waals surface area (Å²) in [5.41, 5.74) is 0. The smallest absolute Gasteiger partial charge is 0.0989 e.